The lowest BCUT2D eigenvalue weighted by atomic mass is 10.1. The molecule has 3 nitrogen and oxygen atoms in total. The minimum absolute atomic E-state index is 0.254. The zero-order valence-corrected chi connectivity index (χ0v) is 9.63. The number of hydrogen-bond donors (Lipinski definition) is 1. The number of ether oxygens (including phenoxy) is 1. The van der Waals surface area contributed by atoms with Crippen LogP contribution in [0.15, 0.2) is 18.2 Å². The summed E-state index contributed by atoms with van der Waals surface area (Å²) in [6.07, 6.45) is 0. The lowest BCUT2D eigenvalue weighted by Gasteiger charge is -2.15. The van der Waals surface area contributed by atoms with Gasteiger partial charge < -0.3 is 10.1 Å². The highest BCUT2D eigenvalue weighted by Gasteiger charge is 2.13. The van der Waals surface area contributed by atoms with Gasteiger partial charge in [0.2, 0.25) is 0 Å². The van der Waals surface area contributed by atoms with E-state index >= 15 is 0 Å². The second-order valence-electron chi connectivity index (χ2n) is 3.64. The van der Waals surface area contributed by atoms with Crippen LogP contribution in [0.2, 0.25) is 0 Å². The largest absolute Gasteiger partial charge is 0.467 e. The van der Waals surface area contributed by atoms with Crippen molar-refractivity contribution in [1.82, 2.24) is 0 Å². The van der Waals surface area contributed by atoms with Gasteiger partial charge in [-0.15, -0.1) is 0 Å². The molecule has 1 rings (SSSR count). The highest BCUT2D eigenvalue weighted by Crippen LogP contribution is 2.18. The van der Waals surface area contributed by atoms with Crippen LogP contribution in [0, 0.1) is 13.8 Å². The molecule has 0 fully saturated rings. The SMILES string of the molecule is COC(=O)[C@H](C)Nc1cccc(C)c1C. The van der Waals surface area contributed by atoms with Crippen molar-refractivity contribution >= 4 is 11.7 Å². The fourth-order valence-corrected chi connectivity index (χ4v) is 1.38. The lowest BCUT2D eigenvalue weighted by Crippen LogP contribution is -2.27. The van der Waals surface area contributed by atoms with Crippen LogP contribution >= 0.6 is 0 Å². The summed E-state index contributed by atoms with van der Waals surface area (Å²) in [7, 11) is 1.39. The predicted molar refractivity (Wildman–Crippen MR) is 61.0 cm³/mol. The number of esters is 1. The van der Waals surface area contributed by atoms with Gasteiger partial charge in [0.1, 0.15) is 6.04 Å². The maximum atomic E-state index is 11.2. The molecule has 15 heavy (non-hydrogen) atoms. The molecule has 0 saturated heterocycles. The van der Waals surface area contributed by atoms with Gasteiger partial charge in [-0.05, 0) is 38.0 Å². The minimum Gasteiger partial charge on any atom is -0.467 e. The summed E-state index contributed by atoms with van der Waals surface area (Å²) in [6.45, 7) is 5.86. The summed E-state index contributed by atoms with van der Waals surface area (Å²) < 4.78 is 4.65. The van der Waals surface area contributed by atoms with E-state index in [0.29, 0.717) is 0 Å². The summed E-state index contributed by atoms with van der Waals surface area (Å²) in [5.74, 6) is -0.254. The molecule has 0 aliphatic carbocycles. The molecule has 0 radical (unpaired) electrons. The van der Waals surface area contributed by atoms with Crippen LogP contribution in [0.25, 0.3) is 0 Å². The van der Waals surface area contributed by atoms with E-state index in [1.807, 2.05) is 32.0 Å². The Morgan fingerprint density at radius 1 is 1.40 bits per heavy atom. The molecular formula is C12H17NO2. The monoisotopic (exact) mass is 207 g/mol. The normalized spacial score (nSPS) is 12.0. The van der Waals surface area contributed by atoms with E-state index in [1.54, 1.807) is 6.92 Å². The average molecular weight is 207 g/mol. The van der Waals surface area contributed by atoms with Crippen molar-refractivity contribution < 1.29 is 9.53 Å². The van der Waals surface area contributed by atoms with Gasteiger partial charge in [-0.2, -0.15) is 0 Å². The molecule has 0 aromatic heterocycles. The fraction of sp³-hybridized carbons (Fsp3) is 0.417. The molecule has 3 heteroatoms. The average Bonchev–Trinajstić information content (AvgIpc) is 2.23. The van der Waals surface area contributed by atoms with Gasteiger partial charge >= 0.3 is 5.97 Å². The molecule has 0 aliphatic rings. The first-order valence-electron chi connectivity index (χ1n) is 4.97. The Balaban J connectivity index is 2.81. The van der Waals surface area contributed by atoms with Crippen LogP contribution in [-0.2, 0) is 9.53 Å². The molecule has 82 valence electrons. The van der Waals surface area contributed by atoms with E-state index < -0.39 is 0 Å². The Hall–Kier alpha value is -1.51. The molecule has 1 aromatic rings. The van der Waals surface area contributed by atoms with E-state index in [2.05, 4.69) is 10.1 Å². The summed E-state index contributed by atoms with van der Waals surface area (Å²) in [5, 5.41) is 3.13. The number of carbonyl (C=O) groups is 1. The molecular weight excluding hydrogens is 190 g/mol. The fourth-order valence-electron chi connectivity index (χ4n) is 1.38. The molecule has 1 aromatic carbocycles. The first-order valence-corrected chi connectivity index (χ1v) is 4.97. The number of rotatable bonds is 3. The Labute approximate surface area is 90.4 Å². The number of methoxy groups -OCH3 is 1. The van der Waals surface area contributed by atoms with Crippen molar-refractivity contribution in [3.8, 4) is 0 Å². The topological polar surface area (TPSA) is 38.3 Å². The highest BCUT2D eigenvalue weighted by molar-refractivity contribution is 5.79. The van der Waals surface area contributed by atoms with Gasteiger partial charge in [0.25, 0.3) is 0 Å². The molecule has 1 N–H and O–H groups in total. The maximum absolute atomic E-state index is 11.2. The van der Waals surface area contributed by atoms with Gasteiger partial charge in [0, 0.05) is 5.69 Å². The third kappa shape index (κ3) is 2.72. The maximum Gasteiger partial charge on any atom is 0.327 e. The Bertz CT molecular complexity index is 361. The Kier molecular flexibility index (Phi) is 3.72. The summed E-state index contributed by atoms with van der Waals surface area (Å²) in [5.41, 5.74) is 3.35. The second-order valence-corrected chi connectivity index (χ2v) is 3.64. The number of aryl methyl sites for hydroxylation is 1. The molecule has 0 spiro atoms. The van der Waals surface area contributed by atoms with Crippen LogP contribution in [-0.4, -0.2) is 19.1 Å². The molecule has 0 bridgehead atoms. The molecule has 1 atom stereocenters. The summed E-state index contributed by atoms with van der Waals surface area (Å²) in [4.78, 5) is 11.2. The van der Waals surface area contributed by atoms with Gasteiger partial charge in [-0.1, -0.05) is 12.1 Å². The molecule has 0 amide bonds. The van der Waals surface area contributed by atoms with E-state index in [4.69, 9.17) is 0 Å². The number of carbonyl (C=O) groups excluding carboxylic acids is 1. The van der Waals surface area contributed by atoms with E-state index in [-0.39, 0.29) is 12.0 Å². The number of hydrogen-bond acceptors (Lipinski definition) is 3. The van der Waals surface area contributed by atoms with Crippen LogP contribution in [0.4, 0.5) is 5.69 Å². The van der Waals surface area contributed by atoms with Crippen LogP contribution in [0.5, 0.6) is 0 Å². The first-order chi connectivity index (χ1) is 7.06. The number of nitrogens with one attached hydrogen (secondary N) is 1. The lowest BCUT2D eigenvalue weighted by molar-refractivity contribution is -0.141. The highest BCUT2D eigenvalue weighted by atomic mass is 16.5. The van der Waals surface area contributed by atoms with Gasteiger partial charge in [0.05, 0.1) is 7.11 Å². The molecule has 0 aliphatic heterocycles. The smallest absolute Gasteiger partial charge is 0.327 e. The van der Waals surface area contributed by atoms with E-state index in [0.717, 1.165) is 11.3 Å². The minimum atomic E-state index is -0.324. The van der Waals surface area contributed by atoms with Gasteiger partial charge in [-0.25, -0.2) is 4.79 Å². The Morgan fingerprint density at radius 3 is 2.67 bits per heavy atom. The third-order valence-corrected chi connectivity index (χ3v) is 2.53. The van der Waals surface area contributed by atoms with Crippen molar-refractivity contribution in [2.24, 2.45) is 0 Å². The number of anilines is 1. The zero-order valence-electron chi connectivity index (χ0n) is 9.63. The van der Waals surface area contributed by atoms with Crippen LogP contribution in [0.3, 0.4) is 0 Å². The summed E-state index contributed by atoms with van der Waals surface area (Å²) in [6, 6.07) is 5.65. The van der Waals surface area contributed by atoms with Crippen molar-refractivity contribution in [1.29, 1.82) is 0 Å². The van der Waals surface area contributed by atoms with E-state index in [1.165, 1.54) is 12.7 Å². The first kappa shape index (κ1) is 11.6. The Morgan fingerprint density at radius 2 is 2.07 bits per heavy atom. The van der Waals surface area contributed by atoms with Gasteiger partial charge in [-0.3, -0.25) is 0 Å². The van der Waals surface area contributed by atoms with Crippen molar-refractivity contribution in [3.05, 3.63) is 29.3 Å². The second kappa shape index (κ2) is 4.82. The van der Waals surface area contributed by atoms with Crippen molar-refractivity contribution in [2.75, 3.05) is 12.4 Å². The van der Waals surface area contributed by atoms with Crippen LogP contribution < -0.4 is 5.32 Å². The quantitative estimate of drug-likeness (QED) is 0.773. The van der Waals surface area contributed by atoms with Crippen molar-refractivity contribution in [3.63, 3.8) is 0 Å². The summed E-state index contributed by atoms with van der Waals surface area (Å²) >= 11 is 0. The predicted octanol–water partition coefficient (Wildman–Crippen LogP) is 2.28. The van der Waals surface area contributed by atoms with Crippen LogP contribution in [0.1, 0.15) is 18.1 Å². The third-order valence-electron chi connectivity index (χ3n) is 2.53. The molecule has 0 saturated carbocycles. The van der Waals surface area contributed by atoms with Crippen molar-refractivity contribution in [2.45, 2.75) is 26.8 Å². The zero-order chi connectivity index (χ0) is 11.4. The number of benzene rings is 1. The standard InChI is InChI=1S/C12H17NO2/c1-8-6-5-7-11(9(8)2)13-10(3)12(14)15-4/h5-7,10,13H,1-4H3/t10-/m0/s1. The molecule has 0 unspecified atom stereocenters. The van der Waals surface area contributed by atoms with E-state index in [9.17, 15) is 4.79 Å². The van der Waals surface area contributed by atoms with Gasteiger partial charge in [0.15, 0.2) is 0 Å². The molecule has 0 heterocycles.